The summed E-state index contributed by atoms with van der Waals surface area (Å²) in [6.07, 6.45) is -0.967. The van der Waals surface area contributed by atoms with E-state index in [4.69, 9.17) is 0 Å². The van der Waals surface area contributed by atoms with Crippen LogP contribution >= 0.6 is 0 Å². The summed E-state index contributed by atoms with van der Waals surface area (Å²) in [5.41, 5.74) is 0. The molecule has 0 aromatic carbocycles. The van der Waals surface area contributed by atoms with Crippen molar-refractivity contribution in [2.24, 2.45) is 5.92 Å². The zero-order valence-corrected chi connectivity index (χ0v) is 11.9. The van der Waals surface area contributed by atoms with Gasteiger partial charge in [0.05, 0.1) is 6.54 Å². The molecule has 1 N–H and O–H groups in total. The maximum absolute atomic E-state index is 12.4. The molecule has 6 nitrogen and oxygen atoms in total. The van der Waals surface area contributed by atoms with Crippen molar-refractivity contribution in [1.82, 2.24) is 20.4 Å². The van der Waals surface area contributed by atoms with E-state index in [0.717, 1.165) is 32.2 Å². The van der Waals surface area contributed by atoms with Crippen LogP contribution < -0.4 is 5.32 Å². The Labute approximate surface area is 125 Å². The van der Waals surface area contributed by atoms with Gasteiger partial charge in [-0.2, -0.15) is 13.2 Å². The van der Waals surface area contributed by atoms with Crippen LogP contribution in [0.3, 0.4) is 0 Å². The second-order valence-corrected chi connectivity index (χ2v) is 5.86. The Hall–Kier alpha value is -1.64. The lowest BCUT2D eigenvalue weighted by Gasteiger charge is -2.32. The van der Waals surface area contributed by atoms with Crippen molar-refractivity contribution in [3.05, 3.63) is 11.8 Å². The Morgan fingerprint density at radius 1 is 1.32 bits per heavy atom. The van der Waals surface area contributed by atoms with Gasteiger partial charge in [0.2, 0.25) is 11.8 Å². The van der Waals surface area contributed by atoms with Crippen molar-refractivity contribution in [3.8, 4) is 0 Å². The van der Waals surface area contributed by atoms with Gasteiger partial charge in [0.1, 0.15) is 0 Å². The van der Waals surface area contributed by atoms with Crippen molar-refractivity contribution >= 4 is 5.91 Å². The fourth-order valence-electron chi connectivity index (χ4n) is 2.60. The van der Waals surface area contributed by atoms with E-state index in [9.17, 15) is 18.0 Å². The van der Waals surface area contributed by atoms with Gasteiger partial charge in [0.15, 0.2) is 0 Å². The molecule has 9 heteroatoms. The Morgan fingerprint density at radius 3 is 2.73 bits per heavy atom. The number of hydrogen-bond acceptors (Lipinski definition) is 5. The highest BCUT2D eigenvalue weighted by Crippen LogP contribution is 2.30. The molecule has 2 fully saturated rings. The number of halogens is 3. The molecule has 1 aromatic rings. The second kappa shape index (κ2) is 5.86. The number of carbonyl (C=O) groups is 1. The highest BCUT2D eigenvalue weighted by Gasteiger charge is 2.38. The molecule has 1 saturated heterocycles. The minimum absolute atomic E-state index is 0.0341. The van der Waals surface area contributed by atoms with Crippen LogP contribution in [-0.4, -0.2) is 40.1 Å². The molecule has 1 atom stereocenters. The van der Waals surface area contributed by atoms with Gasteiger partial charge in [-0.05, 0) is 32.2 Å². The van der Waals surface area contributed by atoms with Gasteiger partial charge >= 0.3 is 12.1 Å². The molecule has 3 rings (SSSR count). The molecule has 1 aromatic heterocycles. The van der Waals surface area contributed by atoms with Crippen molar-refractivity contribution in [1.29, 1.82) is 0 Å². The number of nitrogens with one attached hydrogen (secondary N) is 1. The van der Waals surface area contributed by atoms with Crippen molar-refractivity contribution in [2.75, 3.05) is 13.1 Å². The van der Waals surface area contributed by atoms with Crippen LogP contribution in [0, 0.1) is 5.92 Å². The summed E-state index contributed by atoms with van der Waals surface area (Å²) < 4.78 is 41.9. The minimum atomic E-state index is -4.62. The second-order valence-electron chi connectivity index (χ2n) is 5.86. The predicted molar refractivity (Wildman–Crippen MR) is 68.5 cm³/mol. The van der Waals surface area contributed by atoms with Crippen molar-refractivity contribution < 1.29 is 22.4 Å². The summed E-state index contributed by atoms with van der Waals surface area (Å²) in [7, 11) is 0. The summed E-state index contributed by atoms with van der Waals surface area (Å²) in [4.78, 5) is 13.7. The monoisotopic (exact) mass is 318 g/mol. The SMILES string of the molecule is O=C(NC1CCCN(Cc2nnc(C(F)(F)F)o2)C1)C1CC1. The molecule has 0 spiro atoms. The first kappa shape index (κ1) is 15.3. The average Bonchev–Trinajstić information content (AvgIpc) is 3.18. The topological polar surface area (TPSA) is 71.3 Å². The van der Waals surface area contributed by atoms with Gasteiger partial charge in [-0.3, -0.25) is 9.69 Å². The molecule has 0 bridgehead atoms. The molecular weight excluding hydrogens is 301 g/mol. The summed E-state index contributed by atoms with van der Waals surface area (Å²) >= 11 is 0. The summed E-state index contributed by atoms with van der Waals surface area (Å²) in [5.74, 6) is -1.13. The fourth-order valence-corrected chi connectivity index (χ4v) is 2.60. The molecular formula is C13H17F3N4O2. The van der Waals surface area contributed by atoms with Crippen LogP contribution in [0.1, 0.15) is 37.5 Å². The first-order chi connectivity index (χ1) is 10.4. The average molecular weight is 318 g/mol. The predicted octanol–water partition coefficient (Wildman–Crippen LogP) is 1.58. The molecule has 1 aliphatic heterocycles. The number of nitrogens with zero attached hydrogens (tertiary/aromatic N) is 3. The minimum Gasteiger partial charge on any atom is -0.416 e. The van der Waals surface area contributed by atoms with Crippen LogP contribution in [0.4, 0.5) is 13.2 Å². The molecule has 1 amide bonds. The molecule has 0 radical (unpaired) electrons. The van der Waals surface area contributed by atoms with E-state index in [0.29, 0.717) is 6.54 Å². The quantitative estimate of drug-likeness (QED) is 0.912. The number of aromatic nitrogens is 2. The lowest BCUT2D eigenvalue weighted by molar-refractivity contribution is -0.157. The largest absolute Gasteiger partial charge is 0.470 e. The number of piperidine rings is 1. The van der Waals surface area contributed by atoms with Gasteiger partial charge in [0, 0.05) is 18.5 Å². The molecule has 2 heterocycles. The smallest absolute Gasteiger partial charge is 0.416 e. The maximum Gasteiger partial charge on any atom is 0.470 e. The Balaban J connectivity index is 1.53. The highest BCUT2D eigenvalue weighted by molar-refractivity contribution is 5.81. The Bertz CT molecular complexity index is 542. The summed E-state index contributed by atoms with van der Waals surface area (Å²) in [6.45, 7) is 1.49. The third-order valence-electron chi connectivity index (χ3n) is 3.87. The number of likely N-dealkylation sites (tertiary alicyclic amines) is 1. The first-order valence-electron chi connectivity index (χ1n) is 7.34. The van der Waals surface area contributed by atoms with Gasteiger partial charge in [-0.1, -0.05) is 0 Å². The molecule has 22 heavy (non-hydrogen) atoms. The van der Waals surface area contributed by atoms with Gasteiger partial charge in [-0.25, -0.2) is 0 Å². The number of hydrogen-bond donors (Lipinski definition) is 1. The van der Waals surface area contributed by atoms with E-state index in [1.165, 1.54) is 0 Å². The standard InChI is InChI=1S/C13H17F3N4O2/c14-13(15,16)12-19-18-10(22-12)7-20-5-1-2-9(6-20)17-11(21)8-3-4-8/h8-9H,1-7H2,(H,17,21). The zero-order chi connectivity index (χ0) is 15.7. The number of alkyl halides is 3. The molecule has 2 aliphatic rings. The van der Waals surface area contributed by atoms with E-state index < -0.39 is 12.1 Å². The lowest BCUT2D eigenvalue weighted by atomic mass is 10.1. The van der Waals surface area contributed by atoms with Crippen LogP contribution in [0.15, 0.2) is 4.42 Å². The highest BCUT2D eigenvalue weighted by atomic mass is 19.4. The zero-order valence-electron chi connectivity index (χ0n) is 11.9. The molecule has 1 saturated carbocycles. The van der Waals surface area contributed by atoms with Gasteiger partial charge < -0.3 is 9.73 Å². The third kappa shape index (κ3) is 3.76. The van der Waals surface area contributed by atoms with E-state index >= 15 is 0 Å². The molecule has 122 valence electrons. The number of rotatable bonds is 4. The Kier molecular flexibility index (Phi) is 4.07. The van der Waals surface area contributed by atoms with Gasteiger partial charge in [0.25, 0.3) is 0 Å². The Morgan fingerprint density at radius 2 is 2.09 bits per heavy atom. The summed E-state index contributed by atoms with van der Waals surface area (Å²) in [5, 5.41) is 9.45. The molecule has 1 aliphatic carbocycles. The van der Waals surface area contributed by atoms with E-state index in [1.54, 1.807) is 0 Å². The van der Waals surface area contributed by atoms with E-state index in [2.05, 4.69) is 19.9 Å². The number of amides is 1. The van der Waals surface area contributed by atoms with Crippen LogP contribution in [0.2, 0.25) is 0 Å². The number of carbonyl (C=O) groups excluding carboxylic acids is 1. The fraction of sp³-hybridized carbons (Fsp3) is 0.769. The van der Waals surface area contributed by atoms with Crippen LogP contribution in [0.25, 0.3) is 0 Å². The normalized spacial score (nSPS) is 23.5. The van der Waals surface area contributed by atoms with E-state index in [-0.39, 0.29) is 30.3 Å². The third-order valence-corrected chi connectivity index (χ3v) is 3.87. The van der Waals surface area contributed by atoms with Crippen molar-refractivity contribution in [3.63, 3.8) is 0 Å². The van der Waals surface area contributed by atoms with E-state index in [1.807, 2.05) is 4.90 Å². The van der Waals surface area contributed by atoms with Crippen LogP contribution in [-0.2, 0) is 17.5 Å². The van der Waals surface area contributed by atoms with Crippen molar-refractivity contribution in [2.45, 2.75) is 44.4 Å². The lowest BCUT2D eigenvalue weighted by Crippen LogP contribution is -2.47. The maximum atomic E-state index is 12.4. The first-order valence-corrected chi connectivity index (χ1v) is 7.34. The molecule has 1 unspecified atom stereocenters. The van der Waals surface area contributed by atoms with Crippen LogP contribution in [0.5, 0.6) is 0 Å². The van der Waals surface area contributed by atoms with Gasteiger partial charge in [-0.15, -0.1) is 10.2 Å². The summed E-state index contributed by atoms with van der Waals surface area (Å²) in [6, 6.07) is 0.0341.